The second-order valence-electron chi connectivity index (χ2n) is 16.8. The maximum absolute atomic E-state index is 6.44. The zero-order chi connectivity index (χ0) is 31.2. The fourth-order valence-corrected chi connectivity index (χ4v) is 9.34. The molecule has 6 atom stereocenters. The summed E-state index contributed by atoms with van der Waals surface area (Å²) in [6.45, 7) is 29.5. The summed E-state index contributed by atoms with van der Waals surface area (Å²) < 4.78 is 6.44. The van der Waals surface area contributed by atoms with Gasteiger partial charge in [-0.2, -0.15) is 0 Å². The lowest BCUT2D eigenvalue weighted by Crippen LogP contribution is -2.51. The maximum Gasteiger partial charge on any atom is 0.183 e. The molecule has 4 nitrogen and oxygen atoms in total. The molecule has 42 heavy (non-hydrogen) atoms. The van der Waals surface area contributed by atoms with Crippen LogP contribution in [0.15, 0.2) is 9.98 Å². The Morgan fingerprint density at radius 2 is 1.05 bits per heavy atom. The lowest BCUT2D eigenvalue weighted by atomic mass is 9.68. The number of hydrogen-bond acceptors (Lipinski definition) is 4. The molecule has 1 N–H and O–H groups in total. The van der Waals surface area contributed by atoms with Gasteiger partial charge >= 0.3 is 0 Å². The third-order valence-corrected chi connectivity index (χ3v) is 12.3. The van der Waals surface area contributed by atoms with Crippen LogP contribution in [0.3, 0.4) is 0 Å². The smallest absolute Gasteiger partial charge is 0.183 e. The van der Waals surface area contributed by atoms with Crippen molar-refractivity contribution in [2.45, 2.75) is 170 Å². The monoisotopic (exact) mass is 602 g/mol. The summed E-state index contributed by atoms with van der Waals surface area (Å²) in [5.41, 5.74) is 2.74. The molecule has 1 saturated heterocycles. The first-order valence-corrected chi connectivity index (χ1v) is 21.6. The van der Waals surface area contributed by atoms with Crippen LogP contribution in [-0.4, -0.2) is 50.5 Å². The van der Waals surface area contributed by atoms with Gasteiger partial charge in [0.25, 0.3) is 0 Å². The molecule has 1 aliphatic heterocycles. The van der Waals surface area contributed by atoms with Crippen LogP contribution in [0, 0.1) is 47.3 Å². The largest absolute Gasteiger partial charge is 0.417 e. The van der Waals surface area contributed by atoms with Gasteiger partial charge in [0.15, 0.2) is 8.32 Å². The second kappa shape index (κ2) is 16.2. The van der Waals surface area contributed by atoms with E-state index in [1.807, 2.05) is 0 Å². The van der Waals surface area contributed by atoms with Crippen LogP contribution in [0.1, 0.15) is 127 Å². The standard InChI is InChI=1S/C37H71N3OSi/c1-24(2)29-16-13-17-30(25(3)4)36(29)38-28(9)33-20-15-21-34(39-33)35(22-23-41-42(10,11)12)40-37-31(26(5)6)18-14-19-32(37)27(7)8/h24-27,29-34,36-37,39H,13-23H2,1-12H3. The van der Waals surface area contributed by atoms with Crippen molar-refractivity contribution in [3.63, 3.8) is 0 Å². The Balaban J connectivity index is 1.90. The minimum Gasteiger partial charge on any atom is -0.417 e. The average molecular weight is 602 g/mol. The Bertz CT molecular complexity index is 841. The molecular weight excluding hydrogens is 531 g/mol. The van der Waals surface area contributed by atoms with Crippen molar-refractivity contribution in [1.29, 1.82) is 0 Å². The van der Waals surface area contributed by atoms with Gasteiger partial charge in [-0.1, -0.05) is 68.2 Å². The first kappa shape index (κ1) is 36.0. The van der Waals surface area contributed by atoms with Gasteiger partial charge in [0, 0.05) is 36.5 Å². The summed E-state index contributed by atoms with van der Waals surface area (Å²) >= 11 is 0. The zero-order valence-electron chi connectivity index (χ0n) is 30.0. The third-order valence-electron chi connectivity index (χ3n) is 11.2. The molecule has 0 bridgehead atoms. The first-order chi connectivity index (χ1) is 19.7. The minimum absolute atomic E-state index is 0.342. The van der Waals surface area contributed by atoms with Crippen molar-refractivity contribution in [1.82, 2.24) is 5.32 Å². The van der Waals surface area contributed by atoms with E-state index in [0.29, 0.717) is 71.5 Å². The Morgan fingerprint density at radius 3 is 1.48 bits per heavy atom. The van der Waals surface area contributed by atoms with Crippen LogP contribution in [0.4, 0.5) is 0 Å². The summed E-state index contributed by atoms with van der Waals surface area (Å²) in [5.74, 6) is 5.56. The summed E-state index contributed by atoms with van der Waals surface area (Å²) in [6.07, 6.45) is 12.7. The molecule has 2 saturated carbocycles. The highest BCUT2D eigenvalue weighted by molar-refractivity contribution is 6.69. The normalized spacial score (nSPS) is 34.2. The molecule has 0 aromatic rings. The SMILES string of the molecule is CC(=NC1C(C(C)C)CCCC1C(C)C)C1CCCC(C(CCO[Si](C)(C)C)=NC2C(C(C)C)CCCC2C(C)C)N1. The van der Waals surface area contributed by atoms with E-state index in [-0.39, 0.29) is 0 Å². The maximum atomic E-state index is 6.44. The molecule has 2 aliphatic carbocycles. The van der Waals surface area contributed by atoms with Gasteiger partial charge < -0.3 is 9.74 Å². The fourth-order valence-electron chi connectivity index (χ4n) is 8.63. The van der Waals surface area contributed by atoms with E-state index in [4.69, 9.17) is 14.4 Å². The van der Waals surface area contributed by atoms with Gasteiger partial charge in [0.1, 0.15) is 0 Å². The van der Waals surface area contributed by atoms with Crippen molar-refractivity contribution in [3.8, 4) is 0 Å². The van der Waals surface area contributed by atoms with Crippen molar-refractivity contribution in [3.05, 3.63) is 0 Å². The van der Waals surface area contributed by atoms with Crippen molar-refractivity contribution >= 4 is 19.7 Å². The molecule has 0 radical (unpaired) electrons. The zero-order valence-corrected chi connectivity index (χ0v) is 31.0. The molecule has 0 spiro atoms. The van der Waals surface area contributed by atoms with Crippen molar-refractivity contribution in [2.75, 3.05) is 6.61 Å². The van der Waals surface area contributed by atoms with Crippen molar-refractivity contribution in [2.24, 2.45) is 57.3 Å². The molecule has 3 rings (SSSR count). The van der Waals surface area contributed by atoms with Gasteiger partial charge in [-0.3, -0.25) is 9.98 Å². The predicted octanol–water partition coefficient (Wildman–Crippen LogP) is 9.83. The van der Waals surface area contributed by atoms with Crippen LogP contribution >= 0.6 is 0 Å². The highest BCUT2D eigenvalue weighted by atomic mass is 28.4. The molecule has 5 heteroatoms. The van der Waals surface area contributed by atoms with E-state index in [1.165, 1.54) is 69.2 Å². The molecule has 3 aliphatic rings. The van der Waals surface area contributed by atoms with E-state index in [1.54, 1.807) is 0 Å². The highest BCUT2D eigenvalue weighted by Gasteiger charge is 2.39. The predicted molar refractivity (Wildman–Crippen MR) is 188 cm³/mol. The fraction of sp³-hybridized carbons (Fsp3) is 0.946. The van der Waals surface area contributed by atoms with Crippen LogP contribution in [0.25, 0.3) is 0 Å². The Hall–Kier alpha value is -0.523. The highest BCUT2D eigenvalue weighted by Crippen LogP contribution is 2.41. The minimum atomic E-state index is -1.57. The van der Waals surface area contributed by atoms with Gasteiger partial charge in [0.05, 0.1) is 12.1 Å². The molecule has 3 fully saturated rings. The number of hydrogen-bond donors (Lipinski definition) is 1. The Labute approximate surface area is 263 Å². The number of nitrogens with one attached hydrogen (secondary N) is 1. The summed E-state index contributed by atoms with van der Waals surface area (Å²) in [5, 5.41) is 4.15. The Kier molecular flexibility index (Phi) is 13.8. The van der Waals surface area contributed by atoms with E-state index in [0.717, 1.165) is 13.0 Å². The topological polar surface area (TPSA) is 46.0 Å². The second-order valence-corrected chi connectivity index (χ2v) is 21.3. The molecule has 0 aromatic heterocycles. The average Bonchev–Trinajstić information content (AvgIpc) is 2.91. The van der Waals surface area contributed by atoms with Gasteiger partial charge in [-0.15, -0.1) is 0 Å². The Morgan fingerprint density at radius 1 is 0.643 bits per heavy atom. The quantitative estimate of drug-likeness (QED) is 0.179. The number of rotatable bonds is 12. The summed E-state index contributed by atoms with van der Waals surface area (Å²) in [6, 6.07) is 1.62. The first-order valence-electron chi connectivity index (χ1n) is 18.2. The van der Waals surface area contributed by atoms with Crippen LogP contribution in [0.5, 0.6) is 0 Å². The van der Waals surface area contributed by atoms with E-state index >= 15 is 0 Å². The van der Waals surface area contributed by atoms with Gasteiger partial charge in [0.2, 0.25) is 0 Å². The van der Waals surface area contributed by atoms with E-state index in [9.17, 15) is 0 Å². The van der Waals surface area contributed by atoms with Gasteiger partial charge in [-0.05, 0) is 119 Å². The van der Waals surface area contributed by atoms with Crippen LogP contribution in [0.2, 0.25) is 19.6 Å². The molecule has 6 unspecified atom stereocenters. The molecule has 244 valence electrons. The molecule has 0 amide bonds. The van der Waals surface area contributed by atoms with Crippen LogP contribution in [-0.2, 0) is 4.43 Å². The molecule has 1 heterocycles. The van der Waals surface area contributed by atoms with Gasteiger partial charge in [-0.25, -0.2) is 0 Å². The molecular formula is C37H71N3OSi. The van der Waals surface area contributed by atoms with Crippen LogP contribution < -0.4 is 5.32 Å². The number of nitrogens with zero attached hydrogens (tertiary/aromatic N) is 2. The molecule has 0 aromatic carbocycles. The lowest BCUT2D eigenvalue weighted by Gasteiger charge is -2.42. The number of aliphatic imine (C=N–C) groups is 2. The summed E-state index contributed by atoms with van der Waals surface area (Å²) in [4.78, 5) is 11.4. The van der Waals surface area contributed by atoms with E-state index < -0.39 is 8.32 Å². The third kappa shape index (κ3) is 9.99. The summed E-state index contributed by atoms with van der Waals surface area (Å²) in [7, 11) is -1.57. The van der Waals surface area contributed by atoms with E-state index in [2.05, 4.69) is 87.3 Å². The lowest BCUT2D eigenvalue weighted by molar-refractivity contribution is 0.141. The number of piperidine rings is 1. The van der Waals surface area contributed by atoms with Crippen molar-refractivity contribution < 1.29 is 4.43 Å².